The molecule has 2 atom stereocenters. The Morgan fingerprint density at radius 1 is 1.43 bits per heavy atom. The van der Waals surface area contributed by atoms with E-state index >= 15 is 0 Å². The quantitative estimate of drug-likeness (QED) is 0.859. The van der Waals surface area contributed by atoms with E-state index in [0.717, 1.165) is 12.2 Å². The third-order valence-corrected chi connectivity index (χ3v) is 3.94. The van der Waals surface area contributed by atoms with Crippen molar-refractivity contribution in [2.45, 2.75) is 18.6 Å². The Labute approximate surface area is 133 Å². The number of aromatic nitrogens is 3. The molecular weight excluding hydrogens is 299 g/mol. The van der Waals surface area contributed by atoms with E-state index in [-0.39, 0.29) is 23.8 Å². The number of methoxy groups -OCH3 is 1. The number of rotatable bonds is 5. The average molecular weight is 318 g/mol. The lowest BCUT2D eigenvalue weighted by Crippen LogP contribution is -2.36. The Balaban J connectivity index is 1.74. The van der Waals surface area contributed by atoms with Gasteiger partial charge in [-0.15, -0.1) is 0 Å². The second kappa shape index (κ2) is 6.74. The van der Waals surface area contributed by atoms with Crippen LogP contribution in [0.25, 0.3) is 0 Å². The van der Waals surface area contributed by atoms with Crippen LogP contribution >= 0.6 is 0 Å². The van der Waals surface area contributed by atoms with Crippen LogP contribution in [0.1, 0.15) is 6.42 Å². The molecule has 2 aromatic rings. The van der Waals surface area contributed by atoms with Crippen molar-refractivity contribution in [3.8, 4) is 0 Å². The number of hydrogen-bond donors (Lipinski definition) is 2. The normalized spacial score (nSPS) is 20.7. The Morgan fingerprint density at radius 3 is 3.04 bits per heavy atom. The van der Waals surface area contributed by atoms with Gasteiger partial charge < -0.3 is 20.7 Å². The maximum Gasteiger partial charge on any atom is 0.165 e. The van der Waals surface area contributed by atoms with Gasteiger partial charge in [0.25, 0.3) is 0 Å². The van der Waals surface area contributed by atoms with Crippen LogP contribution in [-0.4, -0.2) is 47.3 Å². The molecule has 0 spiro atoms. The zero-order valence-corrected chi connectivity index (χ0v) is 12.8. The van der Waals surface area contributed by atoms with Gasteiger partial charge in [0.1, 0.15) is 18.0 Å². The van der Waals surface area contributed by atoms with Crippen LogP contribution < -0.4 is 16.0 Å². The van der Waals surface area contributed by atoms with Gasteiger partial charge in [0, 0.05) is 32.5 Å². The van der Waals surface area contributed by atoms with Crippen LogP contribution in [0.15, 0.2) is 30.7 Å². The number of anilines is 3. The van der Waals surface area contributed by atoms with Crippen LogP contribution in [0.4, 0.5) is 21.8 Å². The molecule has 2 aromatic heterocycles. The van der Waals surface area contributed by atoms with Gasteiger partial charge in [-0.25, -0.2) is 19.3 Å². The van der Waals surface area contributed by atoms with E-state index in [1.54, 1.807) is 25.4 Å². The van der Waals surface area contributed by atoms with Crippen molar-refractivity contribution in [2.75, 3.05) is 36.1 Å². The molecular formula is C15H19FN6O. The zero-order chi connectivity index (χ0) is 16.2. The van der Waals surface area contributed by atoms with Gasteiger partial charge in [0.2, 0.25) is 0 Å². The van der Waals surface area contributed by atoms with E-state index in [4.69, 9.17) is 10.5 Å². The molecule has 1 saturated heterocycles. The molecule has 3 N–H and O–H groups in total. The molecule has 1 fully saturated rings. The van der Waals surface area contributed by atoms with E-state index in [2.05, 4.69) is 25.2 Å². The lowest BCUT2D eigenvalue weighted by Gasteiger charge is -2.25. The SMILES string of the molecule is CO[C@@H]1C[C@H](CNc2ncccc2F)N(c2cc(N)ncn2)C1. The number of nitrogens with zero attached hydrogens (tertiary/aromatic N) is 4. The molecule has 8 heteroatoms. The topological polar surface area (TPSA) is 89.2 Å². The standard InChI is InChI=1S/C15H19FN6O/c1-23-11-5-10(7-19-15-12(16)3-2-4-18-15)22(8-11)14-6-13(17)20-9-21-14/h2-4,6,9-11H,5,7-8H2,1H3,(H,18,19)(H2,17,20,21)/t10-,11-/m1/s1. The monoisotopic (exact) mass is 318 g/mol. The highest BCUT2D eigenvalue weighted by molar-refractivity contribution is 5.48. The van der Waals surface area contributed by atoms with E-state index in [9.17, 15) is 4.39 Å². The molecule has 0 saturated carbocycles. The number of pyridine rings is 1. The fraction of sp³-hybridized carbons (Fsp3) is 0.400. The summed E-state index contributed by atoms with van der Waals surface area (Å²) in [4.78, 5) is 14.3. The van der Waals surface area contributed by atoms with Crippen molar-refractivity contribution in [3.63, 3.8) is 0 Å². The molecule has 0 radical (unpaired) electrons. The summed E-state index contributed by atoms with van der Waals surface area (Å²) in [6.07, 6.45) is 3.89. The first-order chi connectivity index (χ1) is 11.2. The molecule has 0 unspecified atom stereocenters. The van der Waals surface area contributed by atoms with Gasteiger partial charge in [0.15, 0.2) is 11.6 Å². The molecule has 0 aliphatic carbocycles. The Kier molecular flexibility index (Phi) is 4.52. The fourth-order valence-electron chi connectivity index (χ4n) is 2.77. The number of hydrogen-bond acceptors (Lipinski definition) is 7. The zero-order valence-electron chi connectivity index (χ0n) is 12.8. The van der Waals surface area contributed by atoms with Crippen molar-refractivity contribution in [3.05, 3.63) is 36.5 Å². The summed E-state index contributed by atoms with van der Waals surface area (Å²) < 4.78 is 19.1. The maximum absolute atomic E-state index is 13.7. The number of nitrogens with two attached hydrogens (primary N) is 1. The first kappa shape index (κ1) is 15.4. The molecule has 3 rings (SSSR count). The molecule has 1 aliphatic heterocycles. The Morgan fingerprint density at radius 2 is 2.30 bits per heavy atom. The number of nitrogens with one attached hydrogen (secondary N) is 1. The Hall–Kier alpha value is -2.48. The summed E-state index contributed by atoms with van der Waals surface area (Å²) in [5.74, 6) is 1.03. The van der Waals surface area contributed by atoms with Gasteiger partial charge in [-0.05, 0) is 18.6 Å². The van der Waals surface area contributed by atoms with E-state index < -0.39 is 0 Å². The van der Waals surface area contributed by atoms with Gasteiger partial charge in [-0.3, -0.25) is 0 Å². The average Bonchev–Trinajstić information content (AvgIpc) is 2.97. The smallest absolute Gasteiger partial charge is 0.165 e. The lowest BCUT2D eigenvalue weighted by molar-refractivity contribution is 0.118. The highest BCUT2D eigenvalue weighted by atomic mass is 19.1. The molecule has 3 heterocycles. The van der Waals surface area contributed by atoms with Crippen molar-refractivity contribution in [1.82, 2.24) is 15.0 Å². The molecule has 0 aromatic carbocycles. The summed E-state index contributed by atoms with van der Waals surface area (Å²) >= 11 is 0. The number of halogens is 1. The molecule has 122 valence electrons. The first-order valence-corrected chi connectivity index (χ1v) is 7.38. The highest BCUT2D eigenvalue weighted by Gasteiger charge is 2.33. The molecule has 0 bridgehead atoms. The second-order valence-electron chi connectivity index (χ2n) is 5.42. The number of ether oxygens (including phenoxy) is 1. The second-order valence-corrected chi connectivity index (χ2v) is 5.42. The van der Waals surface area contributed by atoms with Gasteiger partial charge in [0.05, 0.1) is 12.1 Å². The summed E-state index contributed by atoms with van der Waals surface area (Å²) in [5.41, 5.74) is 5.74. The van der Waals surface area contributed by atoms with Gasteiger partial charge >= 0.3 is 0 Å². The fourth-order valence-corrected chi connectivity index (χ4v) is 2.77. The lowest BCUT2D eigenvalue weighted by atomic mass is 10.2. The van der Waals surface area contributed by atoms with Crippen LogP contribution in [0.5, 0.6) is 0 Å². The van der Waals surface area contributed by atoms with Crippen molar-refractivity contribution in [2.24, 2.45) is 0 Å². The van der Waals surface area contributed by atoms with Crippen molar-refractivity contribution >= 4 is 17.5 Å². The number of nitrogen functional groups attached to an aromatic ring is 1. The predicted octanol–water partition coefficient (Wildman–Crippen LogP) is 1.30. The minimum absolute atomic E-state index is 0.0894. The maximum atomic E-state index is 13.7. The van der Waals surface area contributed by atoms with Crippen LogP contribution in [-0.2, 0) is 4.74 Å². The summed E-state index contributed by atoms with van der Waals surface area (Å²) in [7, 11) is 1.69. The van der Waals surface area contributed by atoms with Crippen LogP contribution in [0, 0.1) is 5.82 Å². The molecule has 1 aliphatic rings. The van der Waals surface area contributed by atoms with Crippen LogP contribution in [0.3, 0.4) is 0 Å². The van der Waals surface area contributed by atoms with Gasteiger partial charge in [-0.2, -0.15) is 0 Å². The molecule has 0 amide bonds. The van der Waals surface area contributed by atoms with Crippen molar-refractivity contribution in [1.29, 1.82) is 0 Å². The molecule has 7 nitrogen and oxygen atoms in total. The minimum Gasteiger partial charge on any atom is -0.384 e. The molecule has 23 heavy (non-hydrogen) atoms. The van der Waals surface area contributed by atoms with Gasteiger partial charge in [-0.1, -0.05) is 0 Å². The Bertz CT molecular complexity index is 670. The first-order valence-electron chi connectivity index (χ1n) is 7.38. The summed E-state index contributed by atoms with van der Waals surface area (Å²) in [5, 5.41) is 3.06. The third kappa shape index (κ3) is 3.48. The summed E-state index contributed by atoms with van der Waals surface area (Å²) in [6.45, 7) is 1.22. The third-order valence-electron chi connectivity index (χ3n) is 3.94. The van der Waals surface area contributed by atoms with E-state index in [1.807, 2.05) is 0 Å². The minimum atomic E-state index is -0.369. The van der Waals surface area contributed by atoms with E-state index in [0.29, 0.717) is 18.9 Å². The van der Waals surface area contributed by atoms with E-state index in [1.165, 1.54) is 12.4 Å². The predicted molar refractivity (Wildman–Crippen MR) is 85.7 cm³/mol. The highest BCUT2D eigenvalue weighted by Crippen LogP contribution is 2.26. The largest absolute Gasteiger partial charge is 0.384 e. The van der Waals surface area contributed by atoms with Crippen LogP contribution in [0.2, 0.25) is 0 Å². The summed E-state index contributed by atoms with van der Waals surface area (Å²) in [6, 6.07) is 4.76. The van der Waals surface area contributed by atoms with Crippen molar-refractivity contribution < 1.29 is 9.13 Å².